The van der Waals surface area contributed by atoms with Crippen LogP contribution >= 0.6 is 0 Å². The van der Waals surface area contributed by atoms with E-state index in [2.05, 4.69) is 20.6 Å². The monoisotopic (exact) mass is 258 g/mol. The molecule has 1 saturated heterocycles. The molecule has 1 atom stereocenters. The highest BCUT2D eigenvalue weighted by Crippen LogP contribution is 2.51. The maximum absolute atomic E-state index is 6.12. The minimum absolute atomic E-state index is 0.279. The van der Waals surface area contributed by atoms with Crippen LogP contribution in [0.5, 0.6) is 0 Å². The number of anilines is 1. The second kappa shape index (κ2) is 3.66. The quantitative estimate of drug-likeness (QED) is 0.754. The normalized spacial score (nSPS) is 25.0. The lowest BCUT2D eigenvalue weighted by atomic mass is 9.84. The molecule has 1 saturated carbocycles. The molecule has 0 amide bonds. The molecule has 1 spiro atoms. The van der Waals surface area contributed by atoms with Gasteiger partial charge in [-0.15, -0.1) is 15.3 Å². The van der Waals surface area contributed by atoms with E-state index < -0.39 is 0 Å². The molecule has 6 heteroatoms. The van der Waals surface area contributed by atoms with Gasteiger partial charge in [0.15, 0.2) is 11.5 Å². The maximum atomic E-state index is 6.12. The van der Waals surface area contributed by atoms with Gasteiger partial charge in [0.2, 0.25) is 0 Å². The predicted molar refractivity (Wildman–Crippen MR) is 71.6 cm³/mol. The Morgan fingerprint density at radius 2 is 2.11 bits per heavy atom. The van der Waals surface area contributed by atoms with Crippen molar-refractivity contribution >= 4 is 11.5 Å². The summed E-state index contributed by atoms with van der Waals surface area (Å²) in [6.07, 6.45) is 6.46. The minimum Gasteiger partial charge on any atom is -0.382 e. The summed E-state index contributed by atoms with van der Waals surface area (Å²) < 4.78 is 1.70. The molecule has 1 unspecified atom stereocenters. The molecule has 3 heterocycles. The van der Waals surface area contributed by atoms with Crippen LogP contribution in [0.2, 0.25) is 0 Å². The molecule has 2 aromatic rings. The second-order valence-corrected chi connectivity index (χ2v) is 5.80. The molecular formula is C13H18N6. The van der Waals surface area contributed by atoms with E-state index in [1.807, 2.05) is 13.0 Å². The zero-order valence-corrected chi connectivity index (χ0v) is 11.1. The summed E-state index contributed by atoms with van der Waals surface area (Å²) in [6.45, 7) is 1.88. The number of hydrogen-bond donors (Lipinski definition) is 2. The van der Waals surface area contributed by atoms with Crippen molar-refractivity contribution in [2.45, 2.75) is 50.6 Å². The number of aromatic nitrogens is 4. The van der Waals surface area contributed by atoms with Crippen LogP contribution in [0.3, 0.4) is 0 Å². The van der Waals surface area contributed by atoms with Gasteiger partial charge in [-0.3, -0.25) is 0 Å². The molecule has 19 heavy (non-hydrogen) atoms. The summed E-state index contributed by atoms with van der Waals surface area (Å²) in [4.78, 5) is 0. The van der Waals surface area contributed by atoms with Crippen molar-refractivity contribution in [3.8, 4) is 0 Å². The number of nitrogens with two attached hydrogens (primary N) is 1. The van der Waals surface area contributed by atoms with E-state index in [-0.39, 0.29) is 5.54 Å². The lowest BCUT2D eigenvalue weighted by Gasteiger charge is -2.20. The van der Waals surface area contributed by atoms with Gasteiger partial charge in [-0.25, -0.2) is 0 Å². The van der Waals surface area contributed by atoms with Crippen molar-refractivity contribution in [3.05, 3.63) is 17.5 Å². The number of rotatable bonds is 1. The van der Waals surface area contributed by atoms with Gasteiger partial charge >= 0.3 is 0 Å². The average Bonchev–Trinajstić information content (AvgIpc) is 2.98. The SMILES string of the molecule is Cc1nnc2cc(C3NC34CCCCC4)c(N)nn12. The zero-order valence-electron chi connectivity index (χ0n) is 11.1. The van der Waals surface area contributed by atoms with E-state index in [0.717, 1.165) is 17.0 Å². The summed E-state index contributed by atoms with van der Waals surface area (Å²) >= 11 is 0. The Labute approximate surface area is 111 Å². The summed E-state index contributed by atoms with van der Waals surface area (Å²) in [5.74, 6) is 1.36. The third-order valence-corrected chi connectivity index (χ3v) is 4.57. The first kappa shape index (κ1) is 11.2. The molecule has 0 aromatic carbocycles. The third-order valence-electron chi connectivity index (χ3n) is 4.57. The summed E-state index contributed by atoms with van der Waals surface area (Å²) in [5.41, 5.74) is 8.26. The summed E-state index contributed by atoms with van der Waals surface area (Å²) in [7, 11) is 0. The highest BCUT2D eigenvalue weighted by molar-refractivity contribution is 5.53. The fourth-order valence-corrected chi connectivity index (χ4v) is 3.43. The van der Waals surface area contributed by atoms with Crippen molar-refractivity contribution in [2.24, 2.45) is 0 Å². The standard InChI is InChI=1S/C13H18N6/c1-8-16-17-10-7-9(12(14)18-19(8)10)11-13(15-11)5-3-2-4-6-13/h7,11,15H,2-6H2,1H3,(H2,14,18). The van der Waals surface area contributed by atoms with Crippen LogP contribution in [-0.4, -0.2) is 25.4 Å². The van der Waals surface area contributed by atoms with Crippen LogP contribution in [0.1, 0.15) is 49.5 Å². The van der Waals surface area contributed by atoms with Crippen LogP contribution in [0, 0.1) is 6.92 Å². The number of nitrogens with one attached hydrogen (secondary N) is 1. The molecule has 0 radical (unpaired) electrons. The first-order chi connectivity index (χ1) is 9.20. The van der Waals surface area contributed by atoms with Gasteiger partial charge in [0.05, 0.1) is 6.04 Å². The number of hydrogen-bond acceptors (Lipinski definition) is 5. The van der Waals surface area contributed by atoms with E-state index in [9.17, 15) is 0 Å². The molecule has 2 fully saturated rings. The minimum atomic E-state index is 0.279. The van der Waals surface area contributed by atoms with Gasteiger partial charge in [0.25, 0.3) is 0 Å². The van der Waals surface area contributed by atoms with Crippen LogP contribution in [-0.2, 0) is 0 Å². The lowest BCUT2D eigenvalue weighted by molar-refractivity contribution is 0.400. The summed E-state index contributed by atoms with van der Waals surface area (Å²) in [6, 6.07) is 2.38. The lowest BCUT2D eigenvalue weighted by Crippen LogP contribution is -2.19. The highest BCUT2D eigenvalue weighted by atomic mass is 15.4. The Morgan fingerprint density at radius 1 is 1.32 bits per heavy atom. The molecule has 1 aliphatic carbocycles. The summed E-state index contributed by atoms with van der Waals surface area (Å²) in [5, 5.41) is 16.2. The highest BCUT2D eigenvalue weighted by Gasteiger charge is 2.54. The van der Waals surface area contributed by atoms with Gasteiger partial charge in [0, 0.05) is 11.1 Å². The van der Waals surface area contributed by atoms with E-state index in [1.165, 1.54) is 32.1 Å². The average molecular weight is 258 g/mol. The first-order valence-corrected chi connectivity index (χ1v) is 6.96. The largest absolute Gasteiger partial charge is 0.382 e. The first-order valence-electron chi connectivity index (χ1n) is 6.96. The molecule has 4 rings (SSSR count). The van der Waals surface area contributed by atoms with E-state index >= 15 is 0 Å². The molecule has 0 bridgehead atoms. The maximum Gasteiger partial charge on any atom is 0.178 e. The van der Waals surface area contributed by atoms with Crippen molar-refractivity contribution in [2.75, 3.05) is 5.73 Å². The smallest absolute Gasteiger partial charge is 0.178 e. The fourth-order valence-electron chi connectivity index (χ4n) is 3.43. The van der Waals surface area contributed by atoms with Gasteiger partial charge in [-0.05, 0) is 25.8 Å². The molecule has 100 valence electrons. The Kier molecular flexibility index (Phi) is 2.15. The fraction of sp³-hybridized carbons (Fsp3) is 0.615. The van der Waals surface area contributed by atoms with Gasteiger partial charge in [-0.2, -0.15) is 4.52 Å². The molecule has 2 aromatic heterocycles. The van der Waals surface area contributed by atoms with E-state index in [0.29, 0.717) is 11.9 Å². The van der Waals surface area contributed by atoms with Gasteiger partial charge < -0.3 is 11.1 Å². The van der Waals surface area contributed by atoms with Crippen LogP contribution in [0.15, 0.2) is 6.07 Å². The number of nitrogens with zero attached hydrogens (tertiary/aromatic N) is 4. The van der Waals surface area contributed by atoms with Crippen LogP contribution in [0.4, 0.5) is 5.82 Å². The second-order valence-electron chi connectivity index (χ2n) is 5.80. The molecule has 2 aliphatic rings. The van der Waals surface area contributed by atoms with Gasteiger partial charge in [-0.1, -0.05) is 19.3 Å². The Balaban J connectivity index is 1.74. The Morgan fingerprint density at radius 3 is 2.89 bits per heavy atom. The van der Waals surface area contributed by atoms with Crippen molar-refractivity contribution < 1.29 is 0 Å². The Bertz CT molecular complexity index is 640. The topological polar surface area (TPSA) is 91.0 Å². The number of nitrogen functional groups attached to an aromatic ring is 1. The number of fused-ring (bicyclic) bond motifs is 1. The Hall–Kier alpha value is -1.69. The van der Waals surface area contributed by atoms with Crippen LogP contribution < -0.4 is 11.1 Å². The molecule has 3 N–H and O–H groups in total. The van der Waals surface area contributed by atoms with Crippen LogP contribution in [0.25, 0.3) is 5.65 Å². The van der Waals surface area contributed by atoms with Crippen molar-refractivity contribution in [1.29, 1.82) is 0 Å². The van der Waals surface area contributed by atoms with Gasteiger partial charge in [0.1, 0.15) is 5.82 Å². The van der Waals surface area contributed by atoms with E-state index in [1.54, 1.807) is 4.52 Å². The van der Waals surface area contributed by atoms with Crippen molar-refractivity contribution in [3.63, 3.8) is 0 Å². The predicted octanol–water partition coefficient (Wildman–Crippen LogP) is 1.36. The van der Waals surface area contributed by atoms with Crippen molar-refractivity contribution in [1.82, 2.24) is 25.1 Å². The number of aryl methyl sites for hydroxylation is 1. The third kappa shape index (κ3) is 1.56. The van der Waals surface area contributed by atoms with E-state index in [4.69, 9.17) is 5.73 Å². The zero-order chi connectivity index (χ0) is 13.0. The molecule has 1 aliphatic heterocycles. The molecular weight excluding hydrogens is 240 g/mol. The molecule has 6 nitrogen and oxygen atoms in total.